The zero-order chi connectivity index (χ0) is 21.1. The maximum Gasteiger partial charge on any atom is 0.223 e. The van der Waals surface area contributed by atoms with E-state index >= 15 is 0 Å². The number of benzene rings is 1. The van der Waals surface area contributed by atoms with Crippen molar-refractivity contribution in [1.82, 2.24) is 20.6 Å². The van der Waals surface area contributed by atoms with E-state index in [0.717, 1.165) is 18.7 Å². The van der Waals surface area contributed by atoms with Crippen molar-refractivity contribution < 1.29 is 9.18 Å². The summed E-state index contributed by atoms with van der Waals surface area (Å²) in [5.41, 5.74) is 1.26. The van der Waals surface area contributed by atoms with E-state index in [1.54, 1.807) is 18.5 Å². The Bertz CT molecular complexity index is 968. The summed E-state index contributed by atoms with van der Waals surface area (Å²) in [6.07, 6.45) is 4.74. The Morgan fingerprint density at radius 3 is 2.77 bits per heavy atom. The standard InChI is InChI=1S/C22H27FN6O/c1-15-10-17(28-19(30)11-22(23)4-6-25-7-5-22)14-29(13-15)18-3-2-16(12-24)20-21(18)27-9-8-26-20/h2-3,8-9,15,17,25H,4-7,10-11,13-14H2,1H3,(H,28,30)/t15-,17+/m0/s1. The number of fused-ring (bicyclic) bond motifs is 1. The molecule has 0 saturated carbocycles. The summed E-state index contributed by atoms with van der Waals surface area (Å²) in [5.74, 6) is 0.132. The molecule has 3 heterocycles. The maximum atomic E-state index is 14.9. The smallest absolute Gasteiger partial charge is 0.223 e. The van der Waals surface area contributed by atoms with Crippen LogP contribution in [0.1, 0.15) is 38.2 Å². The minimum Gasteiger partial charge on any atom is -0.367 e. The molecule has 1 amide bonds. The first-order valence-electron chi connectivity index (χ1n) is 10.6. The topological polar surface area (TPSA) is 93.9 Å². The van der Waals surface area contributed by atoms with E-state index in [4.69, 9.17) is 0 Å². The lowest BCUT2D eigenvalue weighted by Gasteiger charge is -2.39. The number of halogens is 1. The van der Waals surface area contributed by atoms with Crippen LogP contribution in [0, 0.1) is 17.2 Å². The summed E-state index contributed by atoms with van der Waals surface area (Å²) in [4.78, 5) is 23.6. The van der Waals surface area contributed by atoms with Crippen molar-refractivity contribution in [3.05, 3.63) is 30.1 Å². The zero-order valence-corrected chi connectivity index (χ0v) is 17.2. The number of piperidine rings is 2. The highest BCUT2D eigenvalue weighted by molar-refractivity contribution is 5.92. The minimum absolute atomic E-state index is 0.0612. The van der Waals surface area contributed by atoms with E-state index in [2.05, 4.69) is 38.5 Å². The van der Waals surface area contributed by atoms with Crippen molar-refractivity contribution in [3.63, 3.8) is 0 Å². The Kier molecular flexibility index (Phi) is 5.82. The molecule has 0 unspecified atom stereocenters. The second-order valence-corrected chi connectivity index (χ2v) is 8.59. The van der Waals surface area contributed by atoms with Crippen LogP contribution < -0.4 is 15.5 Å². The molecule has 2 fully saturated rings. The molecule has 0 radical (unpaired) electrons. The van der Waals surface area contributed by atoms with Crippen LogP contribution in [0.4, 0.5) is 10.1 Å². The molecule has 30 heavy (non-hydrogen) atoms. The summed E-state index contributed by atoms with van der Waals surface area (Å²) in [5, 5.41) is 15.6. The van der Waals surface area contributed by atoms with Gasteiger partial charge in [0.15, 0.2) is 0 Å². The number of aromatic nitrogens is 2. The summed E-state index contributed by atoms with van der Waals surface area (Å²) in [6, 6.07) is 5.77. The second kappa shape index (κ2) is 8.52. The molecule has 2 aliphatic rings. The fraction of sp³-hybridized carbons (Fsp3) is 0.545. The van der Waals surface area contributed by atoms with Crippen molar-refractivity contribution in [2.45, 2.75) is 44.3 Å². The van der Waals surface area contributed by atoms with Gasteiger partial charge in [-0.05, 0) is 50.4 Å². The fourth-order valence-corrected chi connectivity index (χ4v) is 4.66. The Morgan fingerprint density at radius 2 is 2.03 bits per heavy atom. The van der Waals surface area contributed by atoms with E-state index in [1.165, 1.54) is 0 Å². The summed E-state index contributed by atoms with van der Waals surface area (Å²) >= 11 is 0. The molecule has 0 aliphatic carbocycles. The molecule has 1 aromatic carbocycles. The van der Waals surface area contributed by atoms with Gasteiger partial charge in [0.25, 0.3) is 0 Å². The predicted octanol–water partition coefficient (Wildman–Crippen LogP) is 2.31. The van der Waals surface area contributed by atoms with Crippen molar-refractivity contribution in [2.24, 2.45) is 5.92 Å². The van der Waals surface area contributed by atoms with E-state index in [1.807, 2.05) is 6.07 Å². The quantitative estimate of drug-likeness (QED) is 0.803. The molecule has 0 spiro atoms. The van der Waals surface area contributed by atoms with Gasteiger partial charge in [0, 0.05) is 31.5 Å². The molecule has 4 rings (SSSR count). The van der Waals surface area contributed by atoms with Gasteiger partial charge in [-0.15, -0.1) is 0 Å². The molecule has 2 N–H and O–H groups in total. The average molecular weight is 410 g/mol. The molecule has 2 atom stereocenters. The number of nitrogens with one attached hydrogen (secondary N) is 2. The van der Waals surface area contributed by atoms with Gasteiger partial charge in [-0.25, -0.2) is 4.39 Å². The fourth-order valence-electron chi connectivity index (χ4n) is 4.66. The lowest BCUT2D eigenvalue weighted by molar-refractivity contribution is -0.125. The number of hydrogen-bond donors (Lipinski definition) is 2. The molecule has 2 aromatic rings. The first-order valence-corrected chi connectivity index (χ1v) is 10.6. The summed E-state index contributed by atoms with van der Waals surface area (Å²) in [7, 11) is 0. The van der Waals surface area contributed by atoms with Crippen LogP contribution in [-0.2, 0) is 4.79 Å². The van der Waals surface area contributed by atoms with Crippen molar-refractivity contribution in [2.75, 3.05) is 31.1 Å². The number of hydrogen-bond acceptors (Lipinski definition) is 6. The minimum atomic E-state index is -1.41. The molecular formula is C22H27FN6O. The van der Waals surface area contributed by atoms with Gasteiger partial charge in [0.1, 0.15) is 22.8 Å². The van der Waals surface area contributed by atoms with Crippen LogP contribution in [0.5, 0.6) is 0 Å². The van der Waals surface area contributed by atoms with Gasteiger partial charge in [-0.3, -0.25) is 14.8 Å². The largest absolute Gasteiger partial charge is 0.367 e. The number of nitriles is 1. The molecule has 2 saturated heterocycles. The first-order chi connectivity index (χ1) is 14.5. The number of nitrogens with zero attached hydrogens (tertiary/aromatic N) is 4. The van der Waals surface area contributed by atoms with Crippen molar-refractivity contribution in [1.29, 1.82) is 5.26 Å². The normalized spacial score (nSPS) is 23.7. The van der Waals surface area contributed by atoms with Crippen LogP contribution in [0.2, 0.25) is 0 Å². The lowest BCUT2D eigenvalue weighted by Crippen LogP contribution is -2.52. The van der Waals surface area contributed by atoms with Gasteiger partial charge in [0.05, 0.1) is 17.7 Å². The van der Waals surface area contributed by atoms with Crippen LogP contribution in [0.25, 0.3) is 11.0 Å². The molecule has 2 aliphatic heterocycles. The Labute approximate surface area is 175 Å². The highest BCUT2D eigenvalue weighted by Crippen LogP contribution is 2.31. The third-order valence-corrected chi connectivity index (χ3v) is 6.07. The van der Waals surface area contributed by atoms with Gasteiger partial charge in [0.2, 0.25) is 5.91 Å². The van der Waals surface area contributed by atoms with Crippen LogP contribution in [0.3, 0.4) is 0 Å². The third-order valence-electron chi connectivity index (χ3n) is 6.07. The summed E-state index contributed by atoms with van der Waals surface area (Å²) in [6.45, 7) is 4.82. The maximum absolute atomic E-state index is 14.9. The third kappa shape index (κ3) is 4.36. The van der Waals surface area contributed by atoms with E-state index in [0.29, 0.717) is 55.0 Å². The van der Waals surface area contributed by atoms with E-state index in [-0.39, 0.29) is 18.4 Å². The lowest BCUT2D eigenvalue weighted by atomic mass is 9.90. The molecule has 8 heteroatoms. The second-order valence-electron chi connectivity index (χ2n) is 8.59. The van der Waals surface area contributed by atoms with Gasteiger partial charge in [-0.2, -0.15) is 5.26 Å². The van der Waals surface area contributed by atoms with E-state index < -0.39 is 5.67 Å². The number of alkyl halides is 1. The molecule has 158 valence electrons. The highest BCUT2D eigenvalue weighted by atomic mass is 19.1. The molecule has 1 aromatic heterocycles. The Hall–Kier alpha value is -2.79. The first kappa shape index (κ1) is 20.5. The van der Waals surface area contributed by atoms with Gasteiger partial charge >= 0.3 is 0 Å². The van der Waals surface area contributed by atoms with Crippen LogP contribution in [-0.4, -0.2) is 53.8 Å². The number of rotatable bonds is 4. The average Bonchev–Trinajstić information content (AvgIpc) is 2.72. The van der Waals surface area contributed by atoms with Crippen LogP contribution >= 0.6 is 0 Å². The molecule has 0 bridgehead atoms. The highest BCUT2D eigenvalue weighted by Gasteiger charge is 2.35. The van der Waals surface area contributed by atoms with Crippen molar-refractivity contribution >= 4 is 22.6 Å². The number of carbonyl (C=O) groups is 1. The zero-order valence-electron chi connectivity index (χ0n) is 17.2. The van der Waals surface area contributed by atoms with Gasteiger partial charge in [-0.1, -0.05) is 6.92 Å². The van der Waals surface area contributed by atoms with Crippen molar-refractivity contribution in [3.8, 4) is 6.07 Å². The number of amides is 1. The van der Waals surface area contributed by atoms with E-state index in [9.17, 15) is 14.4 Å². The SMILES string of the molecule is C[C@H]1C[C@@H](NC(=O)CC2(F)CCNCC2)CN(c2ccc(C#N)c3nccnc23)C1. The predicted molar refractivity (Wildman–Crippen MR) is 113 cm³/mol. The Morgan fingerprint density at radius 1 is 1.30 bits per heavy atom. The number of carbonyl (C=O) groups excluding carboxylic acids is 1. The van der Waals surface area contributed by atoms with Crippen LogP contribution in [0.15, 0.2) is 24.5 Å². The summed E-state index contributed by atoms with van der Waals surface area (Å²) < 4.78 is 14.9. The monoisotopic (exact) mass is 410 g/mol. The van der Waals surface area contributed by atoms with Gasteiger partial charge < -0.3 is 15.5 Å². The molecule has 7 nitrogen and oxygen atoms in total. The molecular weight excluding hydrogens is 383 g/mol. The Balaban J connectivity index is 1.50. The number of anilines is 1.